The van der Waals surface area contributed by atoms with Crippen LogP contribution >= 0.6 is 0 Å². The Morgan fingerprint density at radius 1 is 1.15 bits per heavy atom. The molecular formula is C21H27NO4. The zero-order valence-corrected chi connectivity index (χ0v) is 16.1. The summed E-state index contributed by atoms with van der Waals surface area (Å²) in [4.78, 5) is 14.3. The number of benzene rings is 2. The second kappa shape index (κ2) is 9.13. The third-order valence-electron chi connectivity index (χ3n) is 3.97. The van der Waals surface area contributed by atoms with E-state index in [1.165, 1.54) is 0 Å². The lowest BCUT2D eigenvalue weighted by atomic mass is 10.2. The molecule has 0 heterocycles. The molecule has 0 bridgehead atoms. The topological polar surface area (TPSA) is 48.0 Å². The standard InChI is InChI=1S/C21H27NO4/c1-6-25-19-11-10-17(13-20(19)24-5)14-22(4)21(23)16(3)26-18-9-7-8-15(2)12-18/h7-13,16H,6,14H2,1-5H3/t16-/m1/s1. The summed E-state index contributed by atoms with van der Waals surface area (Å²) in [6.45, 7) is 6.71. The van der Waals surface area contributed by atoms with Crippen molar-refractivity contribution in [3.8, 4) is 17.2 Å². The van der Waals surface area contributed by atoms with Gasteiger partial charge in [-0.05, 0) is 56.2 Å². The van der Waals surface area contributed by atoms with Crippen LogP contribution in [0.2, 0.25) is 0 Å². The van der Waals surface area contributed by atoms with Gasteiger partial charge in [-0.3, -0.25) is 4.79 Å². The summed E-state index contributed by atoms with van der Waals surface area (Å²) < 4.78 is 16.7. The number of hydrogen-bond acceptors (Lipinski definition) is 4. The number of carbonyl (C=O) groups is 1. The number of nitrogens with zero attached hydrogens (tertiary/aromatic N) is 1. The Hall–Kier alpha value is -2.69. The first kappa shape index (κ1) is 19.6. The molecule has 0 fully saturated rings. The molecule has 0 spiro atoms. The van der Waals surface area contributed by atoms with Gasteiger partial charge in [0.1, 0.15) is 5.75 Å². The van der Waals surface area contributed by atoms with Crippen molar-refractivity contribution < 1.29 is 19.0 Å². The van der Waals surface area contributed by atoms with Crippen molar-refractivity contribution in [3.05, 3.63) is 53.6 Å². The van der Waals surface area contributed by atoms with Gasteiger partial charge in [0, 0.05) is 13.6 Å². The second-order valence-electron chi connectivity index (χ2n) is 6.19. The molecule has 0 saturated carbocycles. The van der Waals surface area contributed by atoms with E-state index in [-0.39, 0.29) is 5.91 Å². The highest BCUT2D eigenvalue weighted by atomic mass is 16.5. The minimum absolute atomic E-state index is 0.0839. The Bertz CT molecular complexity index is 745. The average molecular weight is 357 g/mol. The fraction of sp³-hybridized carbons (Fsp3) is 0.381. The normalized spacial score (nSPS) is 11.6. The quantitative estimate of drug-likeness (QED) is 0.720. The number of methoxy groups -OCH3 is 1. The van der Waals surface area contributed by atoms with Gasteiger partial charge in [-0.15, -0.1) is 0 Å². The second-order valence-corrected chi connectivity index (χ2v) is 6.19. The predicted molar refractivity (Wildman–Crippen MR) is 102 cm³/mol. The molecule has 0 aliphatic heterocycles. The third kappa shape index (κ3) is 5.15. The van der Waals surface area contributed by atoms with Crippen molar-refractivity contribution >= 4 is 5.91 Å². The largest absolute Gasteiger partial charge is 0.493 e. The Labute approximate surface area is 155 Å². The lowest BCUT2D eigenvalue weighted by Gasteiger charge is -2.23. The molecule has 0 radical (unpaired) electrons. The minimum Gasteiger partial charge on any atom is -0.493 e. The minimum atomic E-state index is -0.564. The van der Waals surface area contributed by atoms with Crippen LogP contribution in [0.25, 0.3) is 0 Å². The highest BCUT2D eigenvalue weighted by molar-refractivity contribution is 5.80. The monoisotopic (exact) mass is 357 g/mol. The van der Waals surface area contributed by atoms with Gasteiger partial charge in [-0.2, -0.15) is 0 Å². The van der Waals surface area contributed by atoms with Crippen LogP contribution < -0.4 is 14.2 Å². The van der Waals surface area contributed by atoms with Crippen molar-refractivity contribution in [1.82, 2.24) is 4.90 Å². The Morgan fingerprint density at radius 2 is 1.92 bits per heavy atom. The molecule has 0 N–H and O–H groups in total. The maximum atomic E-state index is 12.6. The Balaban J connectivity index is 2.01. The molecule has 2 aromatic rings. The number of rotatable bonds is 8. The van der Waals surface area contributed by atoms with Crippen molar-refractivity contribution in [3.63, 3.8) is 0 Å². The number of amides is 1. The smallest absolute Gasteiger partial charge is 0.263 e. The zero-order chi connectivity index (χ0) is 19.1. The van der Waals surface area contributed by atoms with E-state index in [0.717, 1.165) is 11.1 Å². The Kier molecular flexibility index (Phi) is 6.89. The number of aryl methyl sites for hydroxylation is 1. The summed E-state index contributed by atoms with van der Waals surface area (Å²) in [6.07, 6.45) is -0.564. The number of ether oxygens (including phenoxy) is 3. The average Bonchev–Trinajstić information content (AvgIpc) is 2.62. The molecule has 5 heteroatoms. The van der Waals surface area contributed by atoms with E-state index >= 15 is 0 Å². The molecule has 2 rings (SSSR count). The van der Waals surface area contributed by atoms with Crippen LogP contribution in [0.1, 0.15) is 25.0 Å². The molecule has 140 valence electrons. The number of hydrogen-bond donors (Lipinski definition) is 0. The maximum absolute atomic E-state index is 12.6. The summed E-state index contributed by atoms with van der Waals surface area (Å²) in [7, 11) is 3.37. The van der Waals surface area contributed by atoms with Crippen LogP contribution in [0.4, 0.5) is 0 Å². The van der Waals surface area contributed by atoms with Crippen molar-refractivity contribution in [2.24, 2.45) is 0 Å². The summed E-state index contributed by atoms with van der Waals surface area (Å²) >= 11 is 0. The molecule has 1 atom stereocenters. The third-order valence-corrected chi connectivity index (χ3v) is 3.97. The van der Waals surface area contributed by atoms with Gasteiger partial charge in [0.2, 0.25) is 0 Å². The summed E-state index contributed by atoms with van der Waals surface area (Å²) in [5.41, 5.74) is 2.06. The van der Waals surface area contributed by atoms with Crippen molar-refractivity contribution in [2.75, 3.05) is 20.8 Å². The van der Waals surface area contributed by atoms with E-state index in [9.17, 15) is 4.79 Å². The molecule has 2 aromatic carbocycles. The number of carbonyl (C=O) groups excluding carboxylic acids is 1. The molecule has 0 saturated heterocycles. The molecule has 0 unspecified atom stereocenters. The first-order valence-electron chi connectivity index (χ1n) is 8.72. The fourth-order valence-corrected chi connectivity index (χ4v) is 2.69. The number of likely N-dealkylation sites (N-methyl/N-ethyl adjacent to an activating group) is 1. The van der Waals surface area contributed by atoms with Crippen LogP contribution in [0.3, 0.4) is 0 Å². The van der Waals surface area contributed by atoms with E-state index in [2.05, 4.69) is 0 Å². The predicted octanol–water partition coefficient (Wildman–Crippen LogP) is 3.83. The van der Waals surface area contributed by atoms with E-state index < -0.39 is 6.10 Å². The molecule has 1 amide bonds. The fourth-order valence-electron chi connectivity index (χ4n) is 2.69. The van der Waals surface area contributed by atoms with Gasteiger partial charge < -0.3 is 19.1 Å². The van der Waals surface area contributed by atoms with Crippen molar-refractivity contribution in [2.45, 2.75) is 33.4 Å². The van der Waals surface area contributed by atoms with Crippen LogP contribution in [-0.4, -0.2) is 37.7 Å². The van der Waals surface area contributed by atoms with Crippen LogP contribution in [0, 0.1) is 6.92 Å². The first-order chi connectivity index (χ1) is 12.4. The van der Waals surface area contributed by atoms with Crippen LogP contribution in [-0.2, 0) is 11.3 Å². The van der Waals surface area contributed by atoms with Crippen LogP contribution in [0.15, 0.2) is 42.5 Å². The van der Waals surface area contributed by atoms with E-state index in [1.807, 2.05) is 56.3 Å². The van der Waals surface area contributed by atoms with Crippen molar-refractivity contribution in [1.29, 1.82) is 0 Å². The first-order valence-corrected chi connectivity index (χ1v) is 8.72. The molecule has 0 aromatic heterocycles. The summed E-state index contributed by atoms with van der Waals surface area (Å²) in [5.74, 6) is 1.97. The lowest BCUT2D eigenvalue weighted by Crippen LogP contribution is -2.37. The molecule has 5 nitrogen and oxygen atoms in total. The van der Waals surface area contributed by atoms with E-state index in [1.54, 1.807) is 26.0 Å². The molecule has 26 heavy (non-hydrogen) atoms. The molecular weight excluding hydrogens is 330 g/mol. The summed E-state index contributed by atoms with van der Waals surface area (Å²) in [5, 5.41) is 0. The summed E-state index contributed by atoms with van der Waals surface area (Å²) in [6, 6.07) is 13.4. The van der Waals surface area contributed by atoms with Gasteiger partial charge in [0.05, 0.1) is 13.7 Å². The highest BCUT2D eigenvalue weighted by Crippen LogP contribution is 2.28. The SMILES string of the molecule is CCOc1ccc(CN(C)C(=O)[C@@H](C)Oc2cccc(C)c2)cc1OC. The lowest BCUT2D eigenvalue weighted by molar-refractivity contribution is -0.137. The maximum Gasteiger partial charge on any atom is 0.263 e. The van der Waals surface area contributed by atoms with E-state index in [4.69, 9.17) is 14.2 Å². The zero-order valence-electron chi connectivity index (χ0n) is 16.1. The van der Waals surface area contributed by atoms with Gasteiger partial charge in [-0.1, -0.05) is 18.2 Å². The van der Waals surface area contributed by atoms with E-state index in [0.29, 0.717) is 30.4 Å². The Morgan fingerprint density at radius 3 is 2.58 bits per heavy atom. The van der Waals surface area contributed by atoms with Crippen LogP contribution in [0.5, 0.6) is 17.2 Å². The molecule has 0 aliphatic rings. The van der Waals surface area contributed by atoms with Gasteiger partial charge in [-0.25, -0.2) is 0 Å². The molecule has 0 aliphatic carbocycles. The van der Waals surface area contributed by atoms with Gasteiger partial charge in [0.25, 0.3) is 5.91 Å². The van der Waals surface area contributed by atoms with Gasteiger partial charge in [0.15, 0.2) is 17.6 Å². The highest BCUT2D eigenvalue weighted by Gasteiger charge is 2.20. The van der Waals surface area contributed by atoms with Gasteiger partial charge >= 0.3 is 0 Å².